The molecule has 4 rings (SSSR count). The van der Waals surface area contributed by atoms with Crippen LogP contribution in [0, 0.1) is 10.1 Å². The summed E-state index contributed by atoms with van der Waals surface area (Å²) in [5.41, 5.74) is 0.195. The number of aromatic nitrogens is 1. The molecule has 9 nitrogen and oxygen atoms in total. The van der Waals surface area contributed by atoms with Crippen molar-refractivity contribution in [2.24, 2.45) is 0 Å². The van der Waals surface area contributed by atoms with Crippen molar-refractivity contribution in [2.45, 2.75) is 17.2 Å². The molecule has 0 bridgehead atoms. The van der Waals surface area contributed by atoms with Crippen molar-refractivity contribution >= 4 is 49.7 Å². The Kier molecular flexibility index (Phi) is 6.34. The number of nitro benzene ring substituents is 1. The van der Waals surface area contributed by atoms with E-state index in [-0.39, 0.29) is 16.3 Å². The van der Waals surface area contributed by atoms with Gasteiger partial charge in [-0.05, 0) is 35.9 Å². The number of hydrogen-bond acceptors (Lipinski definition) is 8. The lowest BCUT2D eigenvalue weighted by Gasteiger charge is -2.34. The molecule has 1 aromatic heterocycles. The van der Waals surface area contributed by atoms with Crippen LogP contribution in [-0.4, -0.2) is 38.4 Å². The zero-order chi connectivity index (χ0) is 23.6. The van der Waals surface area contributed by atoms with E-state index >= 15 is 0 Å². The average Bonchev–Trinajstić information content (AvgIpc) is 3.09. The van der Waals surface area contributed by atoms with Gasteiger partial charge >= 0.3 is 0 Å². The number of hydrogen-bond donors (Lipinski definition) is 2. The molecule has 170 valence electrons. The highest BCUT2D eigenvalue weighted by Gasteiger charge is 2.44. The Balaban J connectivity index is 1.53. The van der Waals surface area contributed by atoms with Gasteiger partial charge in [0.15, 0.2) is 5.72 Å². The molecule has 2 heterocycles. The number of aliphatic hydroxyl groups is 1. The van der Waals surface area contributed by atoms with Crippen molar-refractivity contribution < 1.29 is 18.4 Å². The molecule has 1 fully saturated rings. The Morgan fingerprint density at radius 2 is 1.88 bits per heavy atom. The first kappa shape index (κ1) is 23.1. The fourth-order valence-electron chi connectivity index (χ4n) is 3.34. The second-order valence-electron chi connectivity index (χ2n) is 7.25. The van der Waals surface area contributed by atoms with Crippen LogP contribution in [-0.2, 0) is 22.3 Å². The Morgan fingerprint density at radius 3 is 2.48 bits per heavy atom. The van der Waals surface area contributed by atoms with E-state index in [1.165, 1.54) is 23.9 Å². The lowest BCUT2D eigenvalue weighted by Crippen LogP contribution is -2.44. The number of rotatable bonds is 7. The van der Waals surface area contributed by atoms with Gasteiger partial charge in [-0.3, -0.25) is 19.8 Å². The highest BCUT2D eigenvalue weighted by molar-refractivity contribution is 8.23. The van der Waals surface area contributed by atoms with Crippen molar-refractivity contribution in [1.82, 2.24) is 9.88 Å². The van der Waals surface area contributed by atoms with Crippen LogP contribution in [0.3, 0.4) is 0 Å². The molecule has 0 amide bonds. The molecule has 3 aromatic rings. The number of nitro groups is 1. The summed E-state index contributed by atoms with van der Waals surface area (Å²) < 4.78 is 28.2. The number of thiocarbonyl (C=S) groups is 1. The van der Waals surface area contributed by atoms with Crippen LogP contribution in [0.2, 0.25) is 0 Å². The number of anilines is 1. The first-order valence-electron chi connectivity index (χ1n) is 9.62. The van der Waals surface area contributed by atoms with Gasteiger partial charge in [-0.1, -0.05) is 42.2 Å². The summed E-state index contributed by atoms with van der Waals surface area (Å²) in [5, 5.41) is 22.2. The first-order valence-corrected chi connectivity index (χ1v) is 12.5. The number of sulfonamides is 1. The second-order valence-corrected chi connectivity index (χ2v) is 10.5. The summed E-state index contributed by atoms with van der Waals surface area (Å²) in [7, 11) is -3.94. The SMILES string of the molecule is O=[N+]([O-])c1ccc(S(=O)(=O)Nc2ccc(C3(O)CSC(=S)N3Cc3cccnc3)cc2)cc1. The number of pyridine rings is 1. The van der Waals surface area contributed by atoms with Gasteiger partial charge in [-0.25, -0.2) is 8.42 Å². The minimum absolute atomic E-state index is 0.101. The van der Waals surface area contributed by atoms with E-state index in [0.29, 0.717) is 22.2 Å². The van der Waals surface area contributed by atoms with Crippen LogP contribution in [0.15, 0.2) is 78.0 Å². The smallest absolute Gasteiger partial charge is 0.269 e. The van der Waals surface area contributed by atoms with Crippen molar-refractivity contribution in [2.75, 3.05) is 10.5 Å². The van der Waals surface area contributed by atoms with Crippen LogP contribution in [0.25, 0.3) is 0 Å². The van der Waals surface area contributed by atoms with E-state index < -0.39 is 20.7 Å². The fourth-order valence-corrected chi connectivity index (χ4v) is 5.81. The molecule has 0 aliphatic carbocycles. The first-order chi connectivity index (χ1) is 15.7. The molecule has 0 radical (unpaired) electrons. The Bertz CT molecular complexity index is 1290. The van der Waals surface area contributed by atoms with Crippen LogP contribution >= 0.6 is 24.0 Å². The zero-order valence-electron chi connectivity index (χ0n) is 17.0. The van der Waals surface area contributed by atoms with Gasteiger partial charge in [-0.15, -0.1) is 0 Å². The summed E-state index contributed by atoms with van der Waals surface area (Å²) in [6.07, 6.45) is 3.38. The number of thioether (sulfide) groups is 1. The molecular formula is C21H18N4O5S3. The quantitative estimate of drug-likeness (QED) is 0.284. The highest BCUT2D eigenvalue weighted by Crippen LogP contribution is 2.40. The third kappa shape index (κ3) is 4.83. The molecule has 2 N–H and O–H groups in total. The van der Waals surface area contributed by atoms with Crippen molar-refractivity contribution in [1.29, 1.82) is 0 Å². The molecule has 33 heavy (non-hydrogen) atoms. The van der Waals surface area contributed by atoms with Crippen LogP contribution < -0.4 is 4.72 Å². The van der Waals surface area contributed by atoms with Gasteiger partial charge in [0.2, 0.25) is 0 Å². The van der Waals surface area contributed by atoms with Crippen molar-refractivity contribution in [3.63, 3.8) is 0 Å². The van der Waals surface area contributed by atoms with E-state index in [1.54, 1.807) is 41.6 Å². The predicted molar refractivity (Wildman–Crippen MR) is 129 cm³/mol. The maximum Gasteiger partial charge on any atom is 0.269 e. The molecule has 0 spiro atoms. The third-order valence-electron chi connectivity index (χ3n) is 5.08. The Hall–Kier alpha value is -3.06. The number of non-ortho nitro benzene ring substituents is 1. The Labute approximate surface area is 199 Å². The summed E-state index contributed by atoms with van der Waals surface area (Å²) in [6.45, 7) is 0.380. The maximum atomic E-state index is 12.6. The molecule has 1 unspecified atom stereocenters. The minimum Gasteiger partial charge on any atom is -0.366 e. The van der Waals surface area contributed by atoms with E-state index in [2.05, 4.69) is 9.71 Å². The van der Waals surface area contributed by atoms with Crippen LogP contribution in [0.5, 0.6) is 0 Å². The summed E-state index contributed by atoms with van der Waals surface area (Å²) in [4.78, 5) is 15.9. The monoisotopic (exact) mass is 502 g/mol. The summed E-state index contributed by atoms with van der Waals surface area (Å²) in [6, 6.07) is 14.7. The van der Waals surface area contributed by atoms with Crippen LogP contribution in [0.1, 0.15) is 11.1 Å². The molecule has 12 heteroatoms. The van der Waals surface area contributed by atoms with E-state index in [4.69, 9.17) is 12.2 Å². The van der Waals surface area contributed by atoms with Crippen molar-refractivity contribution in [3.8, 4) is 0 Å². The van der Waals surface area contributed by atoms with Crippen LogP contribution in [0.4, 0.5) is 11.4 Å². The van der Waals surface area contributed by atoms with Gasteiger partial charge in [0, 0.05) is 42.3 Å². The lowest BCUT2D eigenvalue weighted by atomic mass is 10.0. The molecular weight excluding hydrogens is 484 g/mol. The Morgan fingerprint density at radius 1 is 1.18 bits per heavy atom. The molecule has 1 aliphatic rings. The predicted octanol–water partition coefficient (Wildman–Crippen LogP) is 3.47. The number of nitrogens with one attached hydrogen (secondary N) is 1. The second kappa shape index (κ2) is 9.06. The third-order valence-corrected chi connectivity index (χ3v) is 8.07. The van der Waals surface area contributed by atoms with E-state index in [9.17, 15) is 23.6 Å². The largest absolute Gasteiger partial charge is 0.366 e. The van der Waals surface area contributed by atoms with Gasteiger partial charge in [0.1, 0.15) is 4.32 Å². The van der Waals surface area contributed by atoms with Gasteiger partial charge < -0.3 is 10.0 Å². The highest BCUT2D eigenvalue weighted by atomic mass is 32.2. The van der Waals surface area contributed by atoms with Gasteiger partial charge in [-0.2, -0.15) is 0 Å². The van der Waals surface area contributed by atoms with Gasteiger partial charge in [0.25, 0.3) is 15.7 Å². The van der Waals surface area contributed by atoms with Crippen molar-refractivity contribution in [3.05, 3.63) is 94.3 Å². The van der Waals surface area contributed by atoms with E-state index in [0.717, 1.165) is 17.7 Å². The van der Waals surface area contributed by atoms with E-state index in [1.807, 2.05) is 12.1 Å². The lowest BCUT2D eigenvalue weighted by molar-refractivity contribution is -0.384. The standard InChI is InChI=1S/C21H18N4O5S3/c26-21(14-32-20(31)24(21)13-15-2-1-11-22-12-15)16-3-5-17(6-4-16)23-33(29,30)19-9-7-18(8-10-19)25(27)28/h1-12,23,26H,13-14H2. The zero-order valence-corrected chi connectivity index (χ0v) is 19.4. The molecule has 0 saturated carbocycles. The maximum absolute atomic E-state index is 12.6. The van der Waals surface area contributed by atoms with Gasteiger partial charge in [0.05, 0.1) is 15.6 Å². The summed E-state index contributed by atoms with van der Waals surface area (Å²) >= 11 is 6.81. The minimum atomic E-state index is -3.94. The number of benzene rings is 2. The average molecular weight is 503 g/mol. The molecule has 2 aromatic carbocycles. The fraction of sp³-hybridized carbons (Fsp3) is 0.143. The molecule has 1 aliphatic heterocycles. The number of nitrogens with zero attached hydrogens (tertiary/aromatic N) is 3. The normalized spacial score (nSPS) is 18.3. The summed E-state index contributed by atoms with van der Waals surface area (Å²) in [5.74, 6) is 0.333. The molecule has 1 atom stereocenters. The molecule has 1 saturated heterocycles. The topological polar surface area (TPSA) is 126 Å².